The van der Waals surface area contributed by atoms with E-state index < -0.39 is 0 Å². The van der Waals surface area contributed by atoms with Crippen molar-refractivity contribution in [3.8, 4) is 0 Å². The minimum absolute atomic E-state index is 0.125. The van der Waals surface area contributed by atoms with Crippen molar-refractivity contribution in [3.05, 3.63) is 0 Å². The molecule has 2 fully saturated rings. The molecule has 2 aliphatic rings. The average Bonchev–Trinajstić information content (AvgIpc) is 3.04. The number of guanidine groups is 1. The molecular formula is C18H34N4O2. The van der Waals surface area contributed by atoms with Crippen molar-refractivity contribution in [3.63, 3.8) is 0 Å². The molecule has 2 rings (SSSR count). The molecule has 1 saturated heterocycles. The van der Waals surface area contributed by atoms with E-state index in [-0.39, 0.29) is 23.5 Å². The maximum atomic E-state index is 11.8. The summed E-state index contributed by atoms with van der Waals surface area (Å²) in [6, 6.07) is 0.252. The molecule has 0 aromatic rings. The molecule has 0 aromatic carbocycles. The molecule has 1 aliphatic carbocycles. The molecule has 24 heavy (non-hydrogen) atoms. The molecule has 1 saturated carbocycles. The largest absolute Gasteiger partial charge is 0.392 e. The Morgan fingerprint density at radius 3 is 2.79 bits per heavy atom. The fourth-order valence-corrected chi connectivity index (χ4v) is 3.67. The molecule has 1 aliphatic heterocycles. The molecule has 0 aromatic heterocycles. The number of hydrogen-bond acceptors (Lipinski definition) is 3. The predicted molar refractivity (Wildman–Crippen MR) is 97.0 cm³/mol. The first-order valence-electron chi connectivity index (χ1n) is 9.49. The summed E-state index contributed by atoms with van der Waals surface area (Å²) in [6.07, 6.45) is 5.45. The van der Waals surface area contributed by atoms with Crippen LogP contribution in [0, 0.1) is 5.41 Å². The van der Waals surface area contributed by atoms with Crippen LogP contribution in [0.15, 0.2) is 4.99 Å². The molecule has 1 amide bonds. The van der Waals surface area contributed by atoms with E-state index in [9.17, 15) is 9.90 Å². The van der Waals surface area contributed by atoms with Gasteiger partial charge in [-0.15, -0.1) is 0 Å². The van der Waals surface area contributed by atoms with Gasteiger partial charge in [0, 0.05) is 37.5 Å². The van der Waals surface area contributed by atoms with Crippen LogP contribution in [0.25, 0.3) is 0 Å². The molecule has 3 unspecified atom stereocenters. The third kappa shape index (κ3) is 4.85. The lowest BCUT2D eigenvalue weighted by atomic mass is 9.73. The molecule has 0 bridgehead atoms. The van der Waals surface area contributed by atoms with Crippen molar-refractivity contribution in [2.45, 2.75) is 71.4 Å². The molecule has 3 N–H and O–H groups in total. The Morgan fingerprint density at radius 1 is 1.33 bits per heavy atom. The van der Waals surface area contributed by atoms with E-state index in [1.54, 1.807) is 0 Å². The van der Waals surface area contributed by atoms with Gasteiger partial charge in [0.1, 0.15) is 0 Å². The van der Waals surface area contributed by atoms with Gasteiger partial charge in [-0.1, -0.05) is 26.7 Å². The second-order valence-corrected chi connectivity index (χ2v) is 7.43. The number of nitrogens with zero attached hydrogens (tertiary/aromatic N) is 2. The van der Waals surface area contributed by atoms with Crippen molar-refractivity contribution in [1.29, 1.82) is 0 Å². The number of carbonyl (C=O) groups excluding carboxylic acids is 1. The van der Waals surface area contributed by atoms with Gasteiger partial charge in [-0.25, -0.2) is 0 Å². The molecule has 0 radical (unpaired) electrons. The quantitative estimate of drug-likeness (QED) is 0.524. The Labute approximate surface area is 146 Å². The number of carbonyl (C=O) groups is 1. The highest BCUT2D eigenvalue weighted by molar-refractivity contribution is 5.80. The third-order valence-electron chi connectivity index (χ3n) is 5.41. The molecule has 6 heteroatoms. The summed E-state index contributed by atoms with van der Waals surface area (Å²) in [5.74, 6) is 1.02. The summed E-state index contributed by atoms with van der Waals surface area (Å²) in [5.41, 5.74) is -0.125. The van der Waals surface area contributed by atoms with Crippen molar-refractivity contribution >= 4 is 11.9 Å². The van der Waals surface area contributed by atoms with E-state index in [0.717, 1.165) is 51.3 Å². The number of likely N-dealkylation sites (tertiary alicyclic amines) is 1. The van der Waals surface area contributed by atoms with E-state index >= 15 is 0 Å². The Bertz CT molecular complexity index is 454. The SMILES string of the molecule is CCNC(=NCC1(C)CCCCC1O)NC1CCN(C(=O)CC)C1. The van der Waals surface area contributed by atoms with Crippen molar-refractivity contribution in [2.24, 2.45) is 10.4 Å². The fraction of sp³-hybridized carbons (Fsp3) is 0.889. The third-order valence-corrected chi connectivity index (χ3v) is 5.41. The normalized spacial score (nSPS) is 31.2. The van der Waals surface area contributed by atoms with Crippen LogP contribution in [0.3, 0.4) is 0 Å². The lowest BCUT2D eigenvalue weighted by Crippen LogP contribution is -2.46. The monoisotopic (exact) mass is 338 g/mol. The maximum Gasteiger partial charge on any atom is 0.222 e. The van der Waals surface area contributed by atoms with Crippen molar-refractivity contribution in [1.82, 2.24) is 15.5 Å². The van der Waals surface area contributed by atoms with Gasteiger partial charge in [0.05, 0.1) is 12.6 Å². The van der Waals surface area contributed by atoms with Crippen LogP contribution in [0.4, 0.5) is 0 Å². The molecule has 138 valence electrons. The first-order chi connectivity index (χ1) is 11.5. The Morgan fingerprint density at radius 2 is 2.12 bits per heavy atom. The van der Waals surface area contributed by atoms with Gasteiger partial charge in [0.25, 0.3) is 0 Å². The van der Waals surface area contributed by atoms with Crippen LogP contribution in [-0.4, -0.2) is 60.2 Å². The Balaban J connectivity index is 1.92. The smallest absolute Gasteiger partial charge is 0.222 e. The van der Waals surface area contributed by atoms with E-state index in [1.807, 2.05) is 11.8 Å². The molecule has 1 heterocycles. The highest BCUT2D eigenvalue weighted by atomic mass is 16.3. The van der Waals surface area contributed by atoms with Crippen LogP contribution in [-0.2, 0) is 4.79 Å². The van der Waals surface area contributed by atoms with E-state index in [0.29, 0.717) is 13.0 Å². The topological polar surface area (TPSA) is 77.0 Å². The lowest BCUT2D eigenvalue weighted by Gasteiger charge is -2.37. The molecule has 0 spiro atoms. The second kappa shape index (κ2) is 8.70. The van der Waals surface area contributed by atoms with Crippen LogP contribution in [0.1, 0.15) is 59.3 Å². The summed E-state index contributed by atoms with van der Waals surface area (Å²) < 4.78 is 0. The number of aliphatic imine (C=N–C) groups is 1. The standard InChI is InChI=1S/C18H34N4O2/c1-4-16(24)22-11-9-14(12-22)21-17(19-5-2)20-13-18(3)10-7-6-8-15(18)23/h14-15,23H,4-13H2,1-3H3,(H2,19,20,21). The fourth-order valence-electron chi connectivity index (χ4n) is 3.67. The number of aliphatic hydroxyl groups is 1. The van der Waals surface area contributed by atoms with Crippen LogP contribution in [0.5, 0.6) is 0 Å². The van der Waals surface area contributed by atoms with Gasteiger partial charge < -0.3 is 20.6 Å². The molecule has 3 atom stereocenters. The Kier molecular flexibility index (Phi) is 6.90. The van der Waals surface area contributed by atoms with Gasteiger partial charge in [-0.05, 0) is 26.2 Å². The van der Waals surface area contributed by atoms with E-state index in [1.165, 1.54) is 6.42 Å². The van der Waals surface area contributed by atoms with Gasteiger partial charge in [-0.3, -0.25) is 9.79 Å². The van der Waals surface area contributed by atoms with Gasteiger partial charge >= 0.3 is 0 Å². The van der Waals surface area contributed by atoms with Crippen LogP contribution < -0.4 is 10.6 Å². The minimum Gasteiger partial charge on any atom is -0.392 e. The van der Waals surface area contributed by atoms with Crippen molar-refractivity contribution in [2.75, 3.05) is 26.2 Å². The molecular weight excluding hydrogens is 304 g/mol. The number of rotatable bonds is 5. The van der Waals surface area contributed by atoms with Gasteiger partial charge in [0.15, 0.2) is 5.96 Å². The zero-order valence-electron chi connectivity index (χ0n) is 15.5. The number of hydrogen-bond donors (Lipinski definition) is 3. The summed E-state index contributed by atoms with van der Waals surface area (Å²) in [6.45, 7) is 9.10. The highest BCUT2D eigenvalue weighted by Crippen LogP contribution is 2.36. The number of amides is 1. The summed E-state index contributed by atoms with van der Waals surface area (Å²) >= 11 is 0. The zero-order chi connectivity index (χ0) is 17.6. The van der Waals surface area contributed by atoms with E-state index in [4.69, 9.17) is 4.99 Å². The van der Waals surface area contributed by atoms with Crippen LogP contribution in [0.2, 0.25) is 0 Å². The lowest BCUT2D eigenvalue weighted by molar-refractivity contribution is -0.129. The maximum absolute atomic E-state index is 11.8. The van der Waals surface area contributed by atoms with Crippen molar-refractivity contribution < 1.29 is 9.90 Å². The minimum atomic E-state index is -0.262. The average molecular weight is 338 g/mol. The summed E-state index contributed by atoms with van der Waals surface area (Å²) in [7, 11) is 0. The first-order valence-corrected chi connectivity index (χ1v) is 9.49. The van der Waals surface area contributed by atoms with Gasteiger partial charge in [0.2, 0.25) is 5.91 Å². The van der Waals surface area contributed by atoms with E-state index in [2.05, 4.69) is 24.5 Å². The Hall–Kier alpha value is -1.30. The summed E-state index contributed by atoms with van der Waals surface area (Å²) in [5, 5.41) is 17.1. The summed E-state index contributed by atoms with van der Waals surface area (Å²) in [4.78, 5) is 18.5. The number of aliphatic hydroxyl groups excluding tert-OH is 1. The molecule has 6 nitrogen and oxygen atoms in total. The first kappa shape index (κ1) is 19.0. The second-order valence-electron chi connectivity index (χ2n) is 7.43. The number of nitrogens with one attached hydrogen (secondary N) is 2. The van der Waals surface area contributed by atoms with Gasteiger partial charge in [-0.2, -0.15) is 0 Å². The zero-order valence-corrected chi connectivity index (χ0v) is 15.5. The predicted octanol–water partition coefficient (Wildman–Crippen LogP) is 1.49. The van der Waals surface area contributed by atoms with Crippen LogP contribution >= 0.6 is 0 Å². The highest BCUT2D eigenvalue weighted by Gasteiger charge is 2.35.